The van der Waals surface area contributed by atoms with Gasteiger partial charge in [0.15, 0.2) is 0 Å². The van der Waals surface area contributed by atoms with Crippen molar-refractivity contribution < 1.29 is 9.18 Å². The maximum atomic E-state index is 13.6. The molecule has 1 fully saturated rings. The van der Waals surface area contributed by atoms with Crippen molar-refractivity contribution in [3.8, 4) is 0 Å². The van der Waals surface area contributed by atoms with Gasteiger partial charge in [0, 0.05) is 10.5 Å². The predicted molar refractivity (Wildman–Crippen MR) is 77.5 cm³/mol. The summed E-state index contributed by atoms with van der Waals surface area (Å²) in [6, 6.07) is 4.60. The van der Waals surface area contributed by atoms with Gasteiger partial charge in [-0.15, -0.1) is 0 Å². The molecule has 1 amide bonds. The molecule has 0 aromatic heterocycles. The summed E-state index contributed by atoms with van der Waals surface area (Å²) >= 11 is 3.26. The molecule has 2 nitrogen and oxygen atoms in total. The molecule has 104 valence electrons. The van der Waals surface area contributed by atoms with Crippen LogP contribution in [0.5, 0.6) is 0 Å². The third-order valence-corrected chi connectivity index (χ3v) is 4.60. The maximum Gasteiger partial charge on any atom is 0.254 e. The van der Waals surface area contributed by atoms with E-state index < -0.39 is 5.82 Å². The normalized spacial score (nSPS) is 27.1. The molecule has 3 atom stereocenters. The molecule has 1 aromatic carbocycles. The van der Waals surface area contributed by atoms with E-state index in [1.54, 1.807) is 6.07 Å². The number of benzene rings is 1. The van der Waals surface area contributed by atoms with E-state index in [0.29, 0.717) is 16.3 Å². The molecule has 4 heteroatoms. The second-order valence-electron chi connectivity index (χ2n) is 5.56. The van der Waals surface area contributed by atoms with E-state index in [2.05, 4.69) is 35.1 Å². The minimum absolute atomic E-state index is 0.112. The molecule has 0 radical (unpaired) electrons. The number of rotatable bonds is 2. The van der Waals surface area contributed by atoms with Crippen LogP contribution in [-0.2, 0) is 0 Å². The van der Waals surface area contributed by atoms with Crippen molar-refractivity contribution in [2.75, 3.05) is 0 Å². The predicted octanol–water partition coefficient (Wildman–Crippen LogP) is 4.14. The summed E-state index contributed by atoms with van der Waals surface area (Å²) in [6.07, 6.45) is 3.07. The molecule has 0 spiro atoms. The zero-order chi connectivity index (χ0) is 14.0. The topological polar surface area (TPSA) is 29.1 Å². The van der Waals surface area contributed by atoms with Crippen LogP contribution in [0.15, 0.2) is 22.7 Å². The molecule has 3 unspecified atom stereocenters. The molecule has 0 bridgehead atoms. The summed E-state index contributed by atoms with van der Waals surface area (Å²) in [5.74, 6) is 0.519. The molecule has 1 saturated carbocycles. The summed E-state index contributed by atoms with van der Waals surface area (Å²) < 4.78 is 14.3. The van der Waals surface area contributed by atoms with Gasteiger partial charge in [-0.1, -0.05) is 29.8 Å². The zero-order valence-corrected chi connectivity index (χ0v) is 12.8. The van der Waals surface area contributed by atoms with Gasteiger partial charge in [-0.25, -0.2) is 4.39 Å². The van der Waals surface area contributed by atoms with Crippen LogP contribution in [-0.4, -0.2) is 11.9 Å². The summed E-state index contributed by atoms with van der Waals surface area (Å²) in [6.45, 7) is 4.46. The molecule has 1 aromatic rings. The van der Waals surface area contributed by atoms with Gasteiger partial charge in [0.2, 0.25) is 0 Å². The second kappa shape index (κ2) is 6.04. The largest absolute Gasteiger partial charge is 0.349 e. The van der Waals surface area contributed by atoms with Crippen LogP contribution in [0.4, 0.5) is 4.39 Å². The molecule has 1 aliphatic rings. The van der Waals surface area contributed by atoms with Gasteiger partial charge in [0.25, 0.3) is 5.91 Å². The van der Waals surface area contributed by atoms with Crippen molar-refractivity contribution in [1.82, 2.24) is 5.32 Å². The Balaban J connectivity index is 2.03. The first-order valence-corrected chi connectivity index (χ1v) is 7.52. The number of carbonyl (C=O) groups is 1. The van der Waals surface area contributed by atoms with Gasteiger partial charge in [-0.05, 0) is 49.3 Å². The van der Waals surface area contributed by atoms with Crippen molar-refractivity contribution in [3.63, 3.8) is 0 Å². The lowest BCUT2D eigenvalue weighted by molar-refractivity contribution is 0.0906. The Morgan fingerprint density at radius 1 is 1.32 bits per heavy atom. The van der Waals surface area contributed by atoms with Crippen molar-refractivity contribution in [2.24, 2.45) is 11.8 Å². The van der Waals surface area contributed by atoms with E-state index in [0.717, 1.165) is 19.3 Å². The summed E-state index contributed by atoms with van der Waals surface area (Å²) in [5, 5.41) is 2.95. The number of amides is 1. The standard InChI is InChI=1S/C15H19BrFNO/c1-9-3-5-12(7-10(9)2)18-15(19)13-8-11(16)4-6-14(13)17/h4,6,8-10,12H,3,5,7H2,1-2H3,(H,18,19). The molecule has 0 saturated heterocycles. The van der Waals surface area contributed by atoms with E-state index in [-0.39, 0.29) is 17.5 Å². The molecular weight excluding hydrogens is 309 g/mol. The van der Waals surface area contributed by atoms with Gasteiger partial charge >= 0.3 is 0 Å². The summed E-state index contributed by atoms with van der Waals surface area (Å²) in [4.78, 5) is 12.1. The average molecular weight is 328 g/mol. The fourth-order valence-electron chi connectivity index (χ4n) is 2.61. The van der Waals surface area contributed by atoms with Crippen LogP contribution in [0.1, 0.15) is 43.5 Å². The molecule has 0 aliphatic heterocycles. The van der Waals surface area contributed by atoms with Gasteiger partial charge in [-0.2, -0.15) is 0 Å². The highest BCUT2D eigenvalue weighted by Crippen LogP contribution is 2.29. The monoisotopic (exact) mass is 327 g/mol. The Bertz CT molecular complexity index is 477. The Labute approximate surface area is 121 Å². The number of halogens is 2. The molecule has 19 heavy (non-hydrogen) atoms. The third-order valence-electron chi connectivity index (χ3n) is 4.11. The highest BCUT2D eigenvalue weighted by atomic mass is 79.9. The van der Waals surface area contributed by atoms with Crippen LogP contribution in [0.3, 0.4) is 0 Å². The minimum Gasteiger partial charge on any atom is -0.349 e. The Morgan fingerprint density at radius 2 is 2.05 bits per heavy atom. The molecule has 1 N–H and O–H groups in total. The lowest BCUT2D eigenvalue weighted by Crippen LogP contribution is -2.40. The maximum absolute atomic E-state index is 13.6. The third kappa shape index (κ3) is 3.56. The van der Waals surface area contributed by atoms with Gasteiger partial charge in [0.1, 0.15) is 5.82 Å². The Hall–Kier alpha value is -0.900. The quantitative estimate of drug-likeness (QED) is 0.868. The molecule has 2 rings (SSSR count). The Morgan fingerprint density at radius 3 is 2.74 bits per heavy atom. The van der Waals surface area contributed by atoms with Crippen molar-refractivity contribution >= 4 is 21.8 Å². The summed E-state index contributed by atoms with van der Waals surface area (Å²) in [5.41, 5.74) is 0.112. The van der Waals surface area contributed by atoms with Crippen LogP contribution in [0.25, 0.3) is 0 Å². The SMILES string of the molecule is CC1CCC(NC(=O)c2cc(Br)ccc2F)CC1C. The average Bonchev–Trinajstić information content (AvgIpc) is 2.36. The van der Waals surface area contributed by atoms with E-state index in [4.69, 9.17) is 0 Å². The van der Waals surface area contributed by atoms with Crippen LogP contribution >= 0.6 is 15.9 Å². The lowest BCUT2D eigenvalue weighted by atomic mass is 9.79. The highest BCUT2D eigenvalue weighted by molar-refractivity contribution is 9.10. The molecule has 0 heterocycles. The number of hydrogen-bond acceptors (Lipinski definition) is 1. The van der Waals surface area contributed by atoms with Crippen LogP contribution < -0.4 is 5.32 Å². The number of carbonyl (C=O) groups excluding carboxylic acids is 1. The second-order valence-corrected chi connectivity index (χ2v) is 6.48. The smallest absolute Gasteiger partial charge is 0.254 e. The van der Waals surface area contributed by atoms with Crippen molar-refractivity contribution in [2.45, 2.75) is 39.2 Å². The number of hydrogen-bond donors (Lipinski definition) is 1. The summed E-state index contributed by atoms with van der Waals surface area (Å²) in [7, 11) is 0. The molecular formula is C15H19BrFNO. The van der Waals surface area contributed by atoms with Crippen molar-refractivity contribution in [3.05, 3.63) is 34.1 Å². The van der Waals surface area contributed by atoms with E-state index in [9.17, 15) is 9.18 Å². The van der Waals surface area contributed by atoms with Crippen molar-refractivity contribution in [1.29, 1.82) is 0 Å². The number of nitrogens with one attached hydrogen (secondary N) is 1. The van der Waals surface area contributed by atoms with Gasteiger partial charge in [0.05, 0.1) is 5.56 Å². The highest BCUT2D eigenvalue weighted by Gasteiger charge is 2.26. The molecule has 1 aliphatic carbocycles. The van der Waals surface area contributed by atoms with E-state index in [1.807, 2.05) is 0 Å². The zero-order valence-electron chi connectivity index (χ0n) is 11.2. The fourth-order valence-corrected chi connectivity index (χ4v) is 2.97. The first kappa shape index (κ1) is 14.5. The minimum atomic E-state index is -0.474. The van der Waals surface area contributed by atoms with E-state index >= 15 is 0 Å². The fraction of sp³-hybridized carbons (Fsp3) is 0.533. The van der Waals surface area contributed by atoms with Crippen LogP contribution in [0, 0.1) is 17.7 Å². The van der Waals surface area contributed by atoms with E-state index in [1.165, 1.54) is 12.1 Å². The van der Waals surface area contributed by atoms with Crippen LogP contribution in [0.2, 0.25) is 0 Å². The first-order chi connectivity index (χ1) is 8.97. The van der Waals surface area contributed by atoms with Gasteiger partial charge < -0.3 is 5.32 Å². The lowest BCUT2D eigenvalue weighted by Gasteiger charge is -2.32. The van der Waals surface area contributed by atoms with Gasteiger partial charge in [-0.3, -0.25) is 4.79 Å². The Kier molecular flexibility index (Phi) is 4.61. The first-order valence-electron chi connectivity index (χ1n) is 6.73.